The molecule has 0 aliphatic rings. The summed E-state index contributed by atoms with van der Waals surface area (Å²) in [5.74, 6) is -0.136. The molecule has 2 aromatic carbocycles. The van der Waals surface area contributed by atoms with Crippen molar-refractivity contribution >= 4 is 28.2 Å². The molecule has 1 N–H and O–H groups in total. The molecule has 1 heterocycles. The molecule has 3 aromatic rings. The van der Waals surface area contributed by atoms with Gasteiger partial charge in [0.25, 0.3) is 5.91 Å². The third-order valence-electron chi connectivity index (χ3n) is 4.20. The first-order valence-electron chi connectivity index (χ1n) is 8.08. The van der Waals surface area contributed by atoms with Crippen molar-refractivity contribution in [3.63, 3.8) is 0 Å². The van der Waals surface area contributed by atoms with E-state index in [0.717, 1.165) is 34.5 Å². The van der Waals surface area contributed by atoms with Crippen LogP contribution in [0.2, 0.25) is 0 Å². The Kier molecular flexibility index (Phi) is 4.47. The number of hydrogen-bond acceptors (Lipinski definition) is 3. The number of anilines is 2. The maximum atomic E-state index is 12.8. The lowest BCUT2D eigenvalue weighted by Crippen LogP contribution is -2.20. The van der Waals surface area contributed by atoms with Gasteiger partial charge in [-0.25, -0.2) is 0 Å². The molecule has 0 aliphatic carbocycles. The van der Waals surface area contributed by atoms with Crippen molar-refractivity contribution in [1.29, 1.82) is 0 Å². The lowest BCUT2D eigenvalue weighted by Gasteiger charge is -2.21. The second-order valence-corrected chi connectivity index (χ2v) is 5.80. The fourth-order valence-electron chi connectivity index (χ4n) is 2.71. The topological polar surface area (TPSA) is 45.2 Å². The highest BCUT2D eigenvalue weighted by atomic mass is 16.1. The minimum absolute atomic E-state index is 0.136. The molecule has 1 amide bonds. The zero-order chi connectivity index (χ0) is 17.1. The quantitative estimate of drug-likeness (QED) is 0.782. The smallest absolute Gasteiger partial charge is 0.257 e. The monoisotopic (exact) mass is 319 g/mol. The van der Waals surface area contributed by atoms with Crippen LogP contribution in [0.4, 0.5) is 11.4 Å². The van der Waals surface area contributed by atoms with E-state index in [-0.39, 0.29) is 5.91 Å². The Labute approximate surface area is 142 Å². The largest absolute Gasteiger partial charge is 0.373 e. The summed E-state index contributed by atoms with van der Waals surface area (Å²) in [6.07, 6.45) is 0. The minimum atomic E-state index is -0.136. The molecule has 0 unspecified atom stereocenters. The lowest BCUT2D eigenvalue weighted by molar-refractivity contribution is 0.102. The van der Waals surface area contributed by atoms with Gasteiger partial charge in [0.05, 0.1) is 28.1 Å². The highest BCUT2D eigenvalue weighted by Gasteiger charge is 2.14. The van der Waals surface area contributed by atoms with E-state index in [4.69, 9.17) is 0 Å². The summed E-state index contributed by atoms with van der Waals surface area (Å²) in [5.41, 5.74) is 4.03. The van der Waals surface area contributed by atoms with Gasteiger partial charge < -0.3 is 10.2 Å². The zero-order valence-electron chi connectivity index (χ0n) is 14.2. The molecule has 4 nitrogen and oxygen atoms in total. The molecule has 0 fully saturated rings. The lowest BCUT2D eigenvalue weighted by atomic mass is 10.1. The average Bonchev–Trinajstić information content (AvgIpc) is 2.60. The number of benzene rings is 2. The van der Waals surface area contributed by atoms with Gasteiger partial charge in [-0.3, -0.25) is 9.78 Å². The predicted molar refractivity (Wildman–Crippen MR) is 99.8 cm³/mol. The Bertz CT molecular complexity index is 889. The molecule has 0 radical (unpaired) electrons. The van der Waals surface area contributed by atoms with Crippen LogP contribution >= 0.6 is 0 Å². The first-order valence-corrected chi connectivity index (χ1v) is 8.08. The molecule has 0 spiro atoms. The molecule has 0 atom stereocenters. The fraction of sp³-hybridized carbons (Fsp3) is 0.200. The van der Waals surface area contributed by atoms with Crippen molar-refractivity contribution < 1.29 is 4.79 Å². The van der Waals surface area contributed by atoms with E-state index >= 15 is 0 Å². The normalized spacial score (nSPS) is 10.6. The number of para-hydroxylation sites is 3. The van der Waals surface area contributed by atoms with Gasteiger partial charge in [-0.1, -0.05) is 30.3 Å². The van der Waals surface area contributed by atoms with Crippen molar-refractivity contribution in [2.24, 2.45) is 0 Å². The van der Waals surface area contributed by atoms with Gasteiger partial charge in [0.2, 0.25) is 0 Å². The minimum Gasteiger partial charge on any atom is -0.373 e. The van der Waals surface area contributed by atoms with Crippen molar-refractivity contribution in [3.05, 3.63) is 65.9 Å². The van der Waals surface area contributed by atoms with Gasteiger partial charge in [-0.15, -0.1) is 0 Å². The summed E-state index contributed by atoms with van der Waals surface area (Å²) >= 11 is 0. The Morgan fingerprint density at radius 1 is 1.12 bits per heavy atom. The van der Waals surface area contributed by atoms with E-state index in [0.29, 0.717) is 5.56 Å². The Balaban J connectivity index is 1.95. The van der Waals surface area contributed by atoms with E-state index in [1.807, 2.05) is 68.6 Å². The number of carbonyl (C=O) groups excluding carboxylic acids is 1. The molecular weight excluding hydrogens is 298 g/mol. The van der Waals surface area contributed by atoms with Crippen LogP contribution in [0, 0.1) is 6.92 Å². The van der Waals surface area contributed by atoms with Crippen LogP contribution in [0.1, 0.15) is 23.0 Å². The van der Waals surface area contributed by atoms with Crippen molar-refractivity contribution in [2.45, 2.75) is 13.8 Å². The SMILES string of the molecule is CCN(C)c1ccccc1NC(=O)c1cc2ccccc2nc1C. The summed E-state index contributed by atoms with van der Waals surface area (Å²) in [6.45, 7) is 4.81. The number of aryl methyl sites for hydroxylation is 1. The molecule has 24 heavy (non-hydrogen) atoms. The van der Waals surface area contributed by atoms with Crippen LogP contribution < -0.4 is 10.2 Å². The molecule has 122 valence electrons. The summed E-state index contributed by atoms with van der Waals surface area (Å²) in [6, 6.07) is 17.5. The maximum Gasteiger partial charge on any atom is 0.257 e. The van der Waals surface area contributed by atoms with Gasteiger partial charge in [0.15, 0.2) is 0 Å². The maximum absolute atomic E-state index is 12.8. The summed E-state index contributed by atoms with van der Waals surface area (Å²) in [5, 5.41) is 3.99. The average molecular weight is 319 g/mol. The van der Waals surface area contributed by atoms with Crippen LogP contribution in [0.5, 0.6) is 0 Å². The number of amides is 1. The number of fused-ring (bicyclic) bond motifs is 1. The number of nitrogens with zero attached hydrogens (tertiary/aromatic N) is 2. The van der Waals surface area contributed by atoms with Crippen molar-refractivity contribution in [1.82, 2.24) is 4.98 Å². The molecule has 3 rings (SSSR count). The third-order valence-corrected chi connectivity index (χ3v) is 4.20. The Hall–Kier alpha value is -2.88. The third kappa shape index (κ3) is 3.08. The van der Waals surface area contributed by atoms with E-state index in [1.54, 1.807) is 0 Å². The van der Waals surface area contributed by atoms with Crippen LogP contribution in [-0.2, 0) is 0 Å². The number of aromatic nitrogens is 1. The van der Waals surface area contributed by atoms with Crippen LogP contribution in [0.15, 0.2) is 54.6 Å². The molecule has 1 aromatic heterocycles. The molecular formula is C20H21N3O. The standard InChI is InChI=1S/C20H21N3O/c1-4-23(3)19-12-8-7-11-18(19)22-20(24)16-13-15-9-5-6-10-17(15)21-14(16)2/h5-13H,4H2,1-3H3,(H,22,24). The van der Waals surface area contributed by atoms with Crippen molar-refractivity contribution in [3.8, 4) is 0 Å². The van der Waals surface area contributed by atoms with Crippen molar-refractivity contribution in [2.75, 3.05) is 23.8 Å². The highest BCUT2D eigenvalue weighted by Crippen LogP contribution is 2.25. The molecule has 0 saturated carbocycles. The van der Waals surface area contributed by atoms with Gasteiger partial charge in [0.1, 0.15) is 0 Å². The van der Waals surface area contributed by atoms with Crippen LogP contribution in [0.3, 0.4) is 0 Å². The molecule has 0 aliphatic heterocycles. The molecule has 0 bridgehead atoms. The number of pyridine rings is 1. The summed E-state index contributed by atoms with van der Waals surface area (Å²) in [4.78, 5) is 19.4. The first kappa shape index (κ1) is 16.0. The Morgan fingerprint density at radius 2 is 1.83 bits per heavy atom. The number of hydrogen-bond donors (Lipinski definition) is 1. The van der Waals surface area contributed by atoms with Gasteiger partial charge >= 0.3 is 0 Å². The number of rotatable bonds is 4. The summed E-state index contributed by atoms with van der Waals surface area (Å²) in [7, 11) is 2.01. The number of nitrogens with one attached hydrogen (secondary N) is 1. The fourth-order valence-corrected chi connectivity index (χ4v) is 2.71. The second-order valence-electron chi connectivity index (χ2n) is 5.80. The van der Waals surface area contributed by atoms with Gasteiger partial charge in [0, 0.05) is 19.0 Å². The second kappa shape index (κ2) is 6.71. The Morgan fingerprint density at radius 3 is 2.62 bits per heavy atom. The number of carbonyl (C=O) groups is 1. The van der Waals surface area contributed by atoms with E-state index in [9.17, 15) is 4.79 Å². The van der Waals surface area contributed by atoms with E-state index in [1.165, 1.54) is 0 Å². The van der Waals surface area contributed by atoms with Crippen LogP contribution in [-0.4, -0.2) is 24.5 Å². The van der Waals surface area contributed by atoms with E-state index in [2.05, 4.69) is 22.1 Å². The highest BCUT2D eigenvalue weighted by molar-refractivity contribution is 6.08. The van der Waals surface area contributed by atoms with Crippen LogP contribution in [0.25, 0.3) is 10.9 Å². The molecule has 0 saturated heterocycles. The summed E-state index contributed by atoms with van der Waals surface area (Å²) < 4.78 is 0. The van der Waals surface area contributed by atoms with E-state index < -0.39 is 0 Å². The first-order chi connectivity index (χ1) is 11.6. The van der Waals surface area contributed by atoms with Gasteiger partial charge in [-0.05, 0) is 38.1 Å². The zero-order valence-corrected chi connectivity index (χ0v) is 14.2. The molecule has 4 heteroatoms. The predicted octanol–water partition coefficient (Wildman–Crippen LogP) is 4.25. The van der Waals surface area contributed by atoms with Gasteiger partial charge in [-0.2, -0.15) is 0 Å².